The first-order chi connectivity index (χ1) is 7.82. The highest BCUT2D eigenvalue weighted by Crippen LogP contribution is 2.29. The third-order valence-corrected chi connectivity index (χ3v) is 2.77. The van der Waals surface area contributed by atoms with Crippen LogP contribution in [0.5, 0.6) is 0 Å². The average molecular weight is 237 g/mol. The van der Waals surface area contributed by atoms with E-state index >= 15 is 0 Å². The van der Waals surface area contributed by atoms with Gasteiger partial charge in [0.1, 0.15) is 0 Å². The summed E-state index contributed by atoms with van der Waals surface area (Å²) in [6.45, 7) is 5.84. The molecule has 2 rings (SSSR count). The molecule has 0 spiro atoms. The van der Waals surface area contributed by atoms with Crippen molar-refractivity contribution < 1.29 is 8.78 Å². The maximum Gasteiger partial charge on any atom is 0.258 e. The monoisotopic (exact) mass is 237 g/mol. The number of aromatic amines is 1. The van der Waals surface area contributed by atoms with Gasteiger partial charge in [0.05, 0.1) is 5.39 Å². The van der Waals surface area contributed by atoms with E-state index in [-0.39, 0.29) is 10.8 Å². The lowest BCUT2D eigenvalue weighted by molar-refractivity contribution is 0.515. The molecule has 2 nitrogen and oxygen atoms in total. The second kappa shape index (κ2) is 3.65. The Hall–Kier alpha value is -1.71. The Labute approximate surface area is 97.3 Å². The van der Waals surface area contributed by atoms with Gasteiger partial charge in [-0.05, 0) is 22.4 Å². The lowest BCUT2D eigenvalue weighted by atomic mass is 9.85. The standard InChI is InChI=1S/C13H13F2NO/c1-13(2,3)8-6-16-12(17)10-7(8)4-5-9(14)11(10)15/h4-6H,1-3H3,(H,16,17). The molecule has 0 aliphatic carbocycles. The van der Waals surface area contributed by atoms with Gasteiger partial charge in [0.2, 0.25) is 0 Å². The number of nitrogens with one attached hydrogen (secondary N) is 1. The summed E-state index contributed by atoms with van der Waals surface area (Å²) < 4.78 is 26.8. The fourth-order valence-electron chi connectivity index (χ4n) is 1.91. The zero-order chi connectivity index (χ0) is 12.8. The molecule has 1 aromatic carbocycles. The minimum Gasteiger partial charge on any atom is -0.328 e. The summed E-state index contributed by atoms with van der Waals surface area (Å²) in [5.74, 6) is -2.09. The van der Waals surface area contributed by atoms with Crippen LogP contribution in [0.1, 0.15) is 26.3 Å². The topological polar surface area (TPSA) is 32.9 Å². The van der Waals surface area contributed by atoms with Crippen LogP contribution in [0.25, 0.3) is 10.8 Å². The Morgan fingerprint density at radius 1 is 1.18 bits per heavy atom. The number of H-pyrrole nitrogens is 1. The van der Waals surface area contributed by atoms with Crippen LogP contribution in [-0.4, -0.2) is 4.98 Å². The predicted molar refractivity (Wildman–Crippen MR) is 63.2 cm³/mol. The average Bonchev–Trinajstić information content (AvgIpc) is 2.21. The van der Waals surface area contributed by atoms with Crippen molar-refractivity contribution in [2.75, 3.05) is 0 Å². The van der Waals surface area contributed by atoms with Crippen LogP contribution in [0, 0.1) is 11.6 Å². The summed E-state index contributed by atoms with van der Waals surface area (Å²) in [7, 11) is 0. The third-order valence-electron chi connectivity index (χ3n) is 2.77. The van der Waals surface area contributed by atoms with Crippen molar-refractivity contribution in [3.8, 4) is 0 Å². The first kappa shape index (κ1) is 11.8. The Morgan fingerprint density at radius 2 is 1.82 bits per heavy atom. The van der Waals surface area contributed by atoms with Gasteiger partial charge in [-0.15, -0.1) is 0 Å². The van der Waals surface area contributed by atoms with E-state index in [1.54, 1.807) is 6.20 Å². The number of hydrogen-bond acceptors (Lipinski definition) is 1. The molecule has 0 unspecified atom stereocenters. The SMILES string of the molecule is CC(C)(C)c1c[nH]c(=O)c2c(F)c(F)ccc12. The summed E-state index contributed by atoms with van der Waals surface area (Å²) in [6, 6.07) is 2.50. The Balaban J connectivity index is 2.99. The van der Waals surface area contributed by atoms with Crippen LogP contribution in [0.2, 0.25) is 0 Å². The van der Waals surface area contributed by atoms with Crippen molar-refractivity contribution in [3.63, 3.8) is 0 Å². The second-order valence-electron chi connectivity index (χ2n) is 5.07. The minimum atomic E-state index is -1.09. The molecule has 0 aliphatic heterocycles. The van der Waals surface area contributed by atoms with E-state index in [2.05, 4.69) is 4.98 Å². The van der Waals surface area contributed by atoms with Gasteiger partial charge in [-0.2, -0.15) is 0 Å². The fourth-order valence-corrected chi connectivity index (χ4v) is 1.91. The molecule has 0 bridgehead atoms. The number of rotatable bonds is 0. The maximum absolute atomic E-state index is 13.6. The van der Waals surface area contributed by atoms with Crippen LogP contribution in [-0.2, 0) is 5.41 Å². The van der Waals surface area contributed by atoms with E-state index in [1.165, 1.54) is 6.07 Å². The van der Waals surface area contributed by atoms with Crippen LogP contribution in [0.4, 0.5) is 8.78 Å². The molecule has 90 valence electrons. The number of benzene rings is 1. The highest BCUT2D eigenvalue weighted by Gasteiger charge is 2.20. The van der Waals surface area contributed by atoms with Crippen LogP contribution in [0.15, 0.2) is 23.1 Å². The first-order valence-electron chi connectivity index (χ1n) is 5.32. The lowest BCUT2D eigenvalue weighted by Gasteiger charge is -2.20. The number of aromatic nitrogens is 1. The highest BCUT2D eigenvalue weighted by molar-refractivity contribution is 5.86. The van der Waals surface area contributed by atoms with Crippen LogP contribution >= 0.6 is 0 Å². The fraction of sp³-hybridized carbons (Fsp3) is 0.308. The molecule has 4 heteroatoms. The van der Waals surface area contributed by atoms with Gasteiger partial charge in [-0.25, -0.2) is 8.78 Å². The Kier molecular flexibility index (Phi) is 2.53. The van der Waals surface area contributed by atoms with Crippen LogP contribution in [0.3, 0.4) is 0 Å². The van der Waals surface area contributed by atoms with Gasteiger partial charge in [0, 0.05) is 6.20 Å². The van der Waals surface area contributed by atoms with Crippen LogP contribution < -0.4 is 5.56 Å². The Morgan fingerprint density at radius 3 is 2.41 bits per heavy atom. The smallest absolute Gasteiger partial charge is 0.258 e. The largest absolute Gasteiger partial charge is 0.328 e. The van der Waals surface area contributed by atoms with E-state index in [0.29, 0.717) is 5.39 Å². The number of pyridine rings is 1. The van der Waals surface area contributed by atoms with Gasteiger partial charge >= 0.3 is 0 Å². The number of fused-ring (bicyclic) bond motifs is 1. The van der Waals surface area contributed by atoms with Crippen molar-refractivity contribution in [2.45, 2.75) is 26.2 Å². The highest BCUT2D eigenvalue weighted by atomic mass is 19.2. The summed E-state index contributed by atoms with van der Waals surface area (Å²) in [5, 5.41) is 0.248. The maximum atomic E-state index is 13.6. The number of hydrogen-bond donors (Lipinski definition) is 1. The molecule has 0 atom stereocenters. The zero-order valence-corrected chi connectivity index (χ0v) is 9.90. The van der Waals surface area contributed by atoms with Gasteiger partial charge in [0.25, 0.3) is 5.56 Å². The molecule has 0 amide bonds. The molecule has 0 radical (unpaired) electrons. The van der Waals surface area contributed by atoms with Crippen molar-refractivity contribution in [2.24, 2.45) is 0 Å². The summed E-state index contributed by atoms with van der Waals surface area (Å²) in [5.41, 5.74) is -0.0804. The summed E-state index contributed by atoms with van der Waals surface area (Å²) in [6.07, 6.45) is 1.56. The normalized spacial score (nSPS) is 12.1. The first-order valence-corrected chi connectivity index (χ1v) is 5.32. The van der Waals surface area contributed by atoms with Crippen molar-refractivity contribution >= 4 is 10.8 Å². The van der Waals surface area contributed by atoms with Gasteiger partial charge in [0.15, 0.2) is 11.6 Å². The van der Waals surface area contributed by atoms with Crippen molar-refractivity contribution in [1.82, 2.24) is 4.98 Å². The predicted octanol–water partition coefficient (Wildman–Crippen LogP) is 3.10. The van der Waals surface area contributed by atoms with Crippen molar-refractivity contribution in [1.29, 1.82) is 0 Å². The van der Waals surface area contributed by atoms with E-state index in [1.807, 2.05) is 20.8 Å². The summed E-state index contributed by atoms with van der Waals surface area (Å²) >= 11 is 0. The van der Waals surface area contributed by atoms with Gasteiger partial charge in [-0.3, -0.25) is 4.79 Å². The van der Waals surface area contributed by atoms with Gasteiger partial charge in [-0.1, -0.05) is 26.8 Å². The zero-order valence-electron chi connectivity index (χ0n) is 9.90. The van der Waals surface area contributed by atoms with E-state index < -0.39 is 17.2 Å². The Bertz CT molecular complexity index is 638. The quantitative estimate of drug-likeness (QED) is 0.750. The second-order valence-corrected chi connectivity index (χ2v) is 5.07. The molecule has 0 saturated carbocycles. The van der Waals surface area contributed by atoms with Gasteiger partial charge < -0.3 is 4.98 Å². The molecule has 17 heavy (non-hydrogen) atoms. The number of halogens is 2. The molecule has 0 aliphatic rings. The molecular formula is C13H13F2NO. The van der Waals surface area contributed by atoms with Crippen molar-refractivity contribution in [3.05, 3.63) is 45.9 Å². The molecule has 1 N–H and O–H groups in total. The lowest BCUT2D eigenvalue weighted by Crippen LogP contribution is -2.17. The summed E-state index contributed by atoms with van der Waals surface area (Å²) in [4.78, 5) is 14.0. The molecule has 1 aromatic heterocycles. The third kappa shape index (κ3) is 1.84. The molecule has 2 aromatic rings. The molecule has 1 heterocycles. The minimum absolute atomic E-state index is 0.211. The molecule has 0 fully saturated rings. The van der Waals surface area contributed by atoms with E-state index in [0.717, 1.165) is 11.6 Å². The van der Waals surface area contributed by atoms with E-state index in [9.17, 15) is 13.6 Å². The molecular weight excluding hydrogens is 224 g/mol. The molecule has 0 saturated heterocycles. The van der Waals surface area contributed by atoms with E-state index in [4.69, 9.17) is 0 Å².